The van der Waals surface area contributed by atoms with Gasteiger partial charge in [-0.2, -0.15) is 0 Å². The Labute approximate surface area is 192 Å². The molecule has 3 aliphatic heterocycles. The van der Waals surface area contributed by atoms with Crippen LogP contribution in [0.3, 0.4) is 0 Å². The van der Waals surface area contributed by atoms with E-state index in [1.807, 2.05) is 0 Å². The number of anilines is 3. The zero-order chi connectivity index (χ0) is 24.1. The van der Waals surface area contributed by atoms with Crippen LogP contribution in [0.1, 0.15) is 5.56 Å². The lowest BCUT2D eigenvalue weighted by molar-refractivity contribution is -0.121. The topological polar surface area (TPSA) is 112 Å². The summed E-state index contributed by atoms with van der Waals surface area (Å²) in [5.41, 5.74) is 2.08. The van der Waals surface area contributed by atoms with E-state index in [-0.39, 0.29) is 11.4 Å². The monoisotopic (exact) mass is 453 g/mol. The van der Waals surface area contributed by atoms with E-state index in [9.17, 15) is 28.8 Å². The van der Waals surface area contributed by atoms with Crippen LogP contribution >= 0.6 is 0 Å². The molecule has 9 heteroatoms. The maximum absolute atomic E-state index is 12.6. The molecule has 2 aromatic carbocycles. The van der Waals surface area contributed by atoms with E-state index in [1.54, 1.807) is 31.2 Å². The van der Waals surface area contributed by atoms with Gasteiger partial charge in [-0.1, -0.05) is 18.2 Å². The third-order valence-electron chi connectivity index (χ3n) is 5.66. The molecule has 2 aromatic rings. The molecule has 0 atom stereocenters. The fraction of sp³-hybridized carbons (Fsp3) is 0.0400. The van der Waals surface area contributed by atoms with E-state index in [1.165, 1.54) is 24.3 Å². The van der Waals surface area contributed by atoms with Crippen molar-refractivity contribution in [3.05, 3.63) is 78.4 Å². The second-order valence-electron chi connectivity index (χ2n) is 7.71. The summed E-state index contributed by atoms with van der Waals surface area (Å²) in [5, 5.41) is 0. The first-order valence-corrected chi connectivity index (χ1v) is 10.2. The van der Waals surface area contributed by atoms with Gasteiger partial charge in [-0.3, -0.25) is 28.8 Å². The molecule has 166 valence electrons. The number of nitrogens with zero attached hydrogens (tertiary/aromatic N) is 3. The summed E-state index contributed by atoms with van der Waals surface area (Å²) in [7, 11) is 0. The fourth-order valence-corrected chi connectivity index (χ4v) is 4.13. The van der Waals surface area contributed by atoms with Gasteiger partial charge in [0.2, 0.25) is 0 Å². The van der Waals surface area contributed by atoms with Crippen LogP contribution in [0, 0.1) is 6.92 Å². The van der Waals surface area contributed by atoms with E-state index < -0.39 is 35.4 Å². The fourth-order valence-electron chi connectivity index (χ4n) is 4.13. The van der Waals surface area contributed by atoms with Crippen molar-refractivity contribution < 1.29 is 28.8 Å². The highest BCUT2D eigenvalue weighted by Crippen LogP contribution is 2.43. The van der Waals surface area contributed by atoms with Gasteiger partial charge in [0.15, 0.2) is 0 Å². The molecular weight excluding hydrogens is 438 g/mol. The van der Waals surface area contributed by atoms with Gasteiger partial charge in [0, 0.05) is 42.0 Å². The minimum Gasteiger partial charge on any atom is -0.269 e. The zero-order valence-corrected chi connectivity index (χ0v) is 17.7. The van der Waals surface area contributed by atoms with E-state index in [4.69, 9.17) is 0 Å². The van der Waals surface area contributed by atoms with Gasteiger partial charge >= 0.3 is 0 Å². The number of amides is 6. The smallest absolute Gasteiger partial charge is 0.258 e. The Morgan fingerprint density at radius 1 is 0.500 bits per heavy atom. The standard InChI is InChI=1S/C25H15N3O6/c1-14-2-7-17(27-20(31)10-11-21(27)32)24(25(14)28-22(33)12-13-23(28)34)15-3-5-16(6-4-15)26-18(29)8-9-19(26)30/h2-13H,1H3. The molecule has 0 bridgehead atoms. The van der Waals surface area contributed by atoms with Gasteiger partial charge in [0.25, 0.3) is 35.4 Å². The first-order valence-electron chi connectivity index (χ1n) is 10.2. The molecule has 0 unspecified atom stereocenters. The number of carbonyl (C=O) groups is 6. The third kappa shape index (κ3) is 3.10. The van der Waals surface area contributed by atoms with Crippen molar-refractivity contribution >= 4 is 52.5 Å². The van der Waals surface area contributed by atoms with Crippen LogP contribution in [0.5, 0.6) is 0 Å². The third-order valence-corrected chi connectivity index (χ3v) is 5.66. The van der Waals surface area contributed by atoms with Gasteiger partial charge in [-0.15, -0.1) is 0 Å². The number of rotatable bonds is 4. The summed E-state index contributed by atoms with van der Waals surface area (Å²) in [6.07, 6.45) is 6.91. The molecule has 3 heterocycles. The number of carbonyl (C=O) groups excluding carboxylic acids is 6. The molecule has 0 radical (unpaired) electrons. The van der Waals surface area contributed by atoms with E-state index >= 15 is 0 Å². The van der Waals surface area contributed by atoms with Crippen molar-refractivity contribution in [2.24, 2.45) is 0 Å². The Morgan fingerprint density at radius 2 is 0.941 bits per heavy atom. The largest absolute Gasteiger partial charge is 0.269 e. The van der Waals surface area contributed by atoms with E-state index in [2.05, 4.69) is 0 Å². The molecule has 6 amide bonds. The lowest BCUT2D eigenvalue weighted by Crippen LogP contribution is -2.33. The van der Waals surface area contributed by atoms with Crippen LogP contribution in [0.25, 0.3) is 11.1 Å². The maximum Gasteiger partial charge on any atom is 0.258 e. The molecule has 0 aliphatic carbocycles. The molecule has 3 aliphatic rings. The number of benzene rings is 2. The van der Waals surface area contributed by atoms with Crippen molar-refractivity contribution in [1.82, 2.24) is 0 Å². The van der Waals surface area contributed by atoms with Crippen molar-refractivity contribution in [3.63, 3.8) is 0 Å². The van der Waals surface area contributed by atoms with Crippen LogP contribution in [0.15, 0.2) is 72.9 Å². The molecule has 0 saturated heterocycles. The molecule has 0 spiro atoms. The quantitative estimate of drug-likeness (QED) is 0.654. The highest BCUT2D eigenvalue weighted by atomic mass is 16.2. The molecular formula is C25H15N3O6. The molecule has 5 rings (SSSR count). The van der Waals surface area contributed by atoms with Crippen LogP contribution in [-0.2, 0) is 28.8 Å². The van der Waals surface area contributed by atoms with Gasteiger partial charge in [-0.25, -0.2) is 14.7 Å². The first-order chi connectivity index (χ1) is 16.3. The highest BCUT2D eigenvalue weighted by Gasteiger charge is 2.34. The summed E-state index contributed by atoms with van der Waals surface area (Å²) in [4.78, 5) is 77.1. The first kappa shape index (κ1) is 21.0. The molecule has 0 saturated carbocycles. The normalized spacial score (nSPS) is 17.4. The summed E-state index contributed by atoms with van der Waals surface area (Å²) >= 11 is 0. The van der Waals surface area contributed by atoms with Crippen molar-refractivity contribution in [1.29, 1.82) is 0 Å². The molecule has 34 heavy (non-hydrogen) atoms. The predicted octanol–water partition coefficient (Wildman–Crippen LogP) is 1.95. The molecule has 9 nitrogen and oxygen atoms in total. The number of hydrogen-bond donors (Lipinski definition) is 0. The Kier molecular flexibility index (Phi) is 4.68. The van der Waals surface area contributed by atoms with Crippen molar-refractivity contribution in [3.8, 4) is 11.1 Å². The number of imide groups is 3. The average Bonchev–Trinajstić information content (AvgIpc) is 3.45. The van der Waals surface area contributed by atoms with Crippen LogP contribution in [0.4, 0.5) is 17.1 Å². The highest BCUT2D eigenvalue weighted by molar-refractivity contribution is 6.33. The van der Waals surface area contributed by atoms with Gasteiger partial charge in [0.1, 0.15) is 0 Å². The van der Waals surface area contributed by atoms with Crippen LogP contribution in [0.2, 0.25) is 0 Å². The number of aryl methyl sites for hydroxylation is 1. The molecule has 0 N–H and O–H groups in total. The lowest BCUT2D eigenvalue weighted by atomic mass is 9.96. The molecule has 0 fully saturated rings. The summed E-state index contributed by atoms with van der Waals surface area (Å²) in [5.74, 6) is -3.19. The Balaban J connectivity index is 1.70. The predicted molar refractivity (Wildman–Crippen MR) is 122 cm³/mol. The summed E-state index contributed by atoms with van der Waals surface area (Å²) in [6.45, 7) is 1.70. The van der Waals surface area contributed by atoms with E-state index in [0.29, 0.717) is 22.4 Å². The zero-order valence-electron chi connectivity index (χ0n) is 17.7. The van der Waals surface area contributed by atoms with Gasteiger partial charge < -0.3 is 0 Å². The van der Waals surface area contributed by atoms with Crippen molar-refractivity contribution in [2.45, 2.75) is 6.92 Å². The Hall–Kier alpha value is -4.92. The van der Waals surface area contributed by atoms with Crippen LogP contribution in [-0.4, -0.2) is 35.4 Å². The van der Waals surface area contributed by atoms with Gasteiger partial charge in [-0.05, 0) is 36.2 Å². The lowest BCUT2D eigenvalue weighted by Gasteiger charge is -2.26. The van der Waals surface area contributed by atoms with Crippen molar-refractivity contribution in [2.75, 3.05) is 14.7 Å². The SMILES string of the molecule is Cc1ccc(N2C(=O)C=CC2=O)c(-c2ccc(N3C(=O)C=CC3=O)cc2)c1N1C(=O)C=CC1=O. The second kappa shape index (κ2) is 7.59. The summed E-state index contributed by atoms with van der Waals surface area (Å²) < 4.78 is 0. The summed E-state index contributed by atoms with van der Waals surface area (Å²) in [6, 6.07) is 9.44. The maximum atomic E-state index is 12.6. The van der Waals surface area contributed by atoms with Crippen LogP contribution < -0.4 is 14.7 Å². The Morgan fingerprint density at radius 3 is 1.44 bits per heavy atom. The minimum atomic E-state index is -0.561. The number of hydrogen-bond acceptors (Lipinski definition) is 6. The second-order valence-corrected chi connectivity index (χ2v) is 7.71. The van der Waals surface area contributed by atoms with E-state index in [0.717, 1.165) is 39.0 Å². The Bertz CT molecular complexity index is 1380. The van der Waals surface area contributed by atoms with Gasteiger partial charge in [0.05, 0.1) is 17.1 Å². The average molecular weight is 453 g/mol. The minimum absolute atomic E-state index is 0.191. The molecule has 0 aromatic heterocycles.